The van der Waals surface area contributed by atoms with Gasteiger partial charge in [-0.15, -0.1) is 0 Å². The van der Waals surface area contributed by atoms with E-state index in [1.807, 2.05) is 49.2 Å². The summed E-state index contributed by atoms with van der Waals surface area (Å²) in [5.74, 6) is -0.210. The van der Waals surface area contributed by atoms with Crippen molar-refractivity contribution in [3.63, 3.8) is 0 Å². The van der Waals surface area contributed by atoms with Crippen LogP contribution in [0.2, 0.25) is 0 Å². The van der Waals surface area contributed by atoms with Crippen molar-refractivity contribution >= 4 is 5.69 Å². The van der Waals surface area contributed by atoms with Crippen LogP contribution < -0.4 is 10.6 Å². The zero-order chi connectivity index (χ0) is 13.8. The van der Waals surface area contributed by atoms with E-state index in [0.29, 0.717) is 12.1 Å². The first-order chi connectivity index (χ1) is 9.15. The number of hydrogen-bond acceptors (Lipinski definition) is 2. The van der Waals surface area contributed by atoms with E-state index in [1.54, 1.807) is 12.1 Å². The lowest BCUT2D eigenvalue weighted by molar-refractivity contribution is 0.572. The summed E-state index contributed by atoms with van der Waals surface area (Å²) < 4.78 is 13.9. The first-order valence-electron chi connectivity index (χ1n) is 6.38. The summed E-state index contributed by atoms with van der Waals surface area (Å²) in [5.41, 5.74) is 8.71. The summed E-state index contributed by atoms with van der Waals surface area (Å²) in [6, 6.07) is 14.7. The monoisotopic (exact) mass is 258 g/mol. The van der Waals surface area contributed by atoms with Gasteiger partial charge in [-0.05, 0) is 24.6 Å². The molecule has 0 spiro atoms. The third-order valence-electron chi connectivity index (χ3n) is 3.45. The van der Waals surface area contributed by atoms with Crippen LogP contribution in [-0.2, 0) is 0 Å². The zero-order valence-electron chi connectivity index (χ0n) is 11.3. The molecule has 100 valence electrons. The van der Waals surface area contributed by atoms with Crippen LogP contribution in [0.25, 0.3) is 0 Å². The summed E-state index contributed by atoms with van der Waals surface area (Å²) >= 11 is 0. The Hall–Kier alpha value is -1.87. The Labute approximate surface area is 113 Å². The van der Waals surface area contributed by atoms with Crippen molar-refractivity contribution < 1.29 is 4.39 Å². The SMILES string of the molecule is Cc1ccccc1N(C)C(CN)c1ccccc1F. The maximum Gasteiger partial charge on any atom is 0.128 e. The molecule has 1 atom stereocenters. The number of nitrogens with two attached hydrogens (primary N) is 1. The molecule has 0 bridgehead atoms. The molecule has 0 aliphatic rings. The molecular formula is C16H19FN2. The van der Waals surface area contributed by atoms with Gasteiger partial charge < -0.3 is 10.6 Å². The molecule has 2 nitrogen and oxygen atoms in total. The highest BCUT2D eigenvalue weighted by Crippen LogP contribution is 2.28. The number of aryl methyl sites for hydroxylation is 1. The predicted octanol–water partition coefficient (Wildman–Crippen LogP) is 3.27. The highest BCUT2D eigenvalue weighted by molar-refractivity contribution is 5.54. The van der Waals surface area contributed by atoms with Gasteiger partial charge in [0.1, 0.15) is 5.82 Å². The summed E-state index contributed by atoms with van der Waals surface area (Å²) in [5, 5.41) is 0. The zero-order valence-corrected chi connectivity index (χ0v) is 11.3. The van der Waals surface area contributed by atoms with Crippen LogP contribution in [0.1, 0.15) is 17.2 Å². The van der Waals surface area contributed by atoms with E-state index in [4.69, 9.17) is 5.73 Å². The molecule has 0 fully saturated rings. The number of halogens is 1. The lowest BCUT2D eigenvalue weighted by atomic mass is 10.0. The standard InChI is InChI=1S/C16H19FN2/c1-12-7-3-6-10-15(12)19(2)16(11-18)13-8-4-5-9-14(13)17/h3-10,16H,11,18H2,1-2H3. The number of rotatable bonds is 4. The predicted molar refractivity (Wildman–Crippen MR) is 77.8 cm³/mol. The number of hydrogen-bond donors (Lipinski definition) is 1. The topological polar surface area (TPSA) is 29.3 Å². The molecule has 0 saturated heterocycles. The van der Waals surface area contributed by atoms with Crippen LogP contribution in [0.4, 0.5) is 10.1 Å². The first kappa shape index (κ1) is 13.6. The summed E-state index contributed by atoms with van der Waals surface area (Å²) in [4.78, 5) is 2.04. The van der Waals surface area contributed by atoms with Gasteiger partial charge in [0.2, 0.25) is 0 Å². The Bertz CT molecular complexity index is 554. The Morgan fingerprint density at radius 3 is 2.37 bits per heavy atom. The van der Waals surface area contributed by atoms with Gasteiger partial charge in [-0.2, -0.15) is 0 Å². The van der Waals surface area contributed by atoms with Gasteiger partial charge in [0.15, 0.2) is 0 Å². The molecule has 2 aromatic rings. The number of nitrogens with zero attached hydrogens (tertiary/aromatic N) is 1. The molecule has 2 rings (SSSR count). The maximum atomic E-state index is 13.9. The van der Waals surface area contributed by atoms with Crippen LogP contribution >= 0.6 is 0 Å². The molecule has 3 heteroatoms. The minimum Gasteiger partial charge on any atom is -0.366 e. The van der Waals surface area contributed by atoms with Gasteiger partial charge in [-0.3, -0.25) is 0 Å². The lowest BCUT2D eigenvalue weighted by Crippen LogP contribution is -2.31. The van der Waals surface area contributed by atoms with Crippen molar-refractivity contribution in [1.29, 1.82) is 0 Å². The van der Waals surface area contributed by atoms with Crippen molar-refractivity contribution in [2.45, 2.75) is 13.0 Å². The molecule has 2 N–H and O–H groups in total. The van der Waals surface area contributed by atoms with Crippen molar-refractivity contribution in [2.24, 2.45) is 5.73 Å². The largest absolute Gasteiger partial charge is 0.366 e. The van der Waals surface area contributed by atoms with E-state index in [-0.39, 0.29) is 11.9 Å². The number of likely N-dealkylation sites (N-methyl/N-ethyl adjacent to an activating group) is 1. The second-order valence-electron chi connectivity index (χ2n) is 4.67. The molecular weight excluding hydrogens is 239 g/mol. The van der Waals surface area contributed by atoms with Crippen LogP contribution in [0, 0.1) is 12.7 Å². The van der Waals surface area contributed by atoms with Crippen molar-refractivity contribution in [2.75, 3.05) is 18.5 Å². The highest BCUT2D eigenvalue weighted by atomic mass is 19.1. The molecule has 0 amide bonds. The van der Waals surface area contributed by atoms with Crippen LogP contribution in [0.5, 0.6) is 0 Å². The second kappa shape index (κ2) is 5.85. The Kier molecular flexibility index (Phi) is 4.17. The average Bonchev–Trinajstić information content (AvgIpc) is 2.42. The number of benzene rings is 2. The van der Waals surface area contributed by atoms with E-state index in [0.717, 1.165) is 11.3 Å². The van der Waals surface area contributed by atoms with E-state index in [9.17, 15) is 4.39 Å². The van der Waals surface area contributed by atoms with Gasteiger partial charge in [0, 0.05) is 24.8 Å². The Morgan fingerprint density at radius 2 is 1.74 bits per heavy atom. The van der Waals surface area contributed by atoms with Gasteiger partial charge in [-0.25, -0.2) is 4.39 Å². The quantitative estimate of drug-likeness (QED) is 0.912. The molecule has 0 saturated carbocycles. The molecule has 0 radical (unpaired) electrons. The second-order valence-corrected chi connectivity index (χ2v) is 4.67. The Balaban J connectivity index is 2.38. The third kappa shape index (κ3) is 2.76. The minimum absolute atomic E-state index is 0.165. The number of anilines is 1. The maximum absolute atomic E-state index is 13.9. The van der Waals surface area contributed by atoms with E-state index >= 15 is 0 Å². The molecule has 0 aliphatic carbocycles. The molecule has 1 unspecified atom stereocenters. The van der Waals surface area contributed by atoms with E-state index < -0.39 is 0 Å². The fourth-order valence-corrected chi connectivity index (χ4v) is 2.37. The summed E-state index contributed by atoms with van der Waals surface area (Å²) in [6.45, 7) is 2.41. The van der Waals surface area contributed by atoms with Crippen LogP contribution in [0.3, 0.4) is 0 Å². The summed E-state index contributed by atoms with van der Waals surface area (Å²) in [6.07, 6.45) is 0. The first-order valence-corrected chi connectivity index (χ1v) is 6.38. The fourth-order valence-electron chi connectivity index (χ4n) is 2.37. The molecule has 0 heterocycles. The van der Waals surface area contributed by atoms with Crippen molar-refractivity contribution in [1.82, 2.24) is 0 Å². The van der Waals surface area contributed by atoms with Gasteiger partial charge in [0.05, 0.1) is 6.04 Å². The van der Waals surface area contributed by atoms with E-state index in [2.05, 4.69) is 0 Å². The Morgan fingerprint density at radius 1 is 1.11 bits per heavy atom. The average molecular weight is 258 g/mol. The lowest BCUT2D eigenvalue weighted by Gasteiger charge is -2.31. The normalized spacial score (nSPS) is 12.2. The molecule has 0 aliphatic heterocycles. The van der Waals surface area contributed by atoms with Gasteiger partial charge >= 0.3 is 0 Å². The summed E-state index contributed by atoms with van der Waals surface area (Å²) in [7, 11) is 1.95. The van der Waals surface area contributed by atoms with Gasteiger partial charge in [0.25, 0.3) is 0 Å². The number of para-hydroxylation sites is 1. The van der Waals surface area contributed by atoms with Gasteiger partial charge in [-0.1, -0.05) is 36.4 Å². The van der Waals surface area contributed by atoms with Crippen LogP contribution in [-0.4, -0.2) is 13.6 Å². The smallest absolute Gasteiger partial charge is 0.128 e. The minimum atomic E-state index is -0.210. The van der Waals surface area contributed by atoms with Crippen LogP contribution in [0.15, 0.2) is 48.5 Å². The third-order valence-corrected chi connectivity index (χ3v) is 3.45. The highest BCUT2D eigenvalue weighted by Gasteiger charge is 2.19. The van der Waals surface area contributed by atoms with E-state index in [1.165, 1.54) is 6.07 Å². The van der Waals surface area contributed by atoms with Crippen molar-refractivity contribution in [3.05, 3.63) is 65.5 Å². The molecule has 0 aromatic heterocycles. The molecule has 2 aromatic carbocycles. The van der Waals surface area contributed by atoms with Crippen molar-refractivity contribution in [3.8, 4) is 0 Å². The fraction of sp³-hybridized carbons (Fsp3) is 0.250. The molecule has 19 heavy (non-hydrogen) atoms.